The zero-order chi connectivity index (χ0) is 15.1. The summed E-state index contributed by atoms with van der Waals surface area (Å²) >= 11 is 1.66. The number of rotatable bonds is 1. The summed E-state index contributed by atoms with van der Waals surface area (Å²) in [5, 5.41) is 6.30. The molecule has 6 heteroatoms. The molecular weight excluding hydrogens is 298 g/mol. The number of likely N-dealkylation sites (tertiary alicyclic amines) is 1. The lowest BCUT2D eigenvalue weighted by molar-refractivity contribution is -0.115. The minimum atomic E-state index is 0.0256. The maximum Gasteiger partial charge on any atom is 0.253 e. The molecule has 0 aromatic heterocycles. The van der Waals surface area contributed by atoms with Gasteiger partial charge in [0.05, 0.1) is 5.69 Å². The summed E-state index contributed by atoms with van der Waals surface area (Å²) in [6, 6.07) is 5.68. The molecule has 2 saturated heterocycles. The van der Waals surface area contributed by atoms with Gasteiger partial charge in [-0.25, -0.2) is 0 Å². The van der Waals surface area contributed by atoms with Crippen LogP contribution in [0.3, 0.4) is 0 Å². The molecule has 0 radical (unpaired) electrons. The Balaban J connectivity index is 1.55. The highest BCUT2D eigenvalue weighted by molar-refractivity contribution is 7.99. The molecule has 2 amide bonds. The van der Waals surface area contributed by atoms with Crippen molar-refractivity contribution in [1.82, 2.24) is 10.2 Å². The number of amides is 2. The average molecular weight is 317 g/mol. The van der Waals surface area contributed by atoms with E-state index in [-0.39, 0.29) is 11.8 Å². The summed E-state index contributed by atoms with van der Waals surface area (Å²) in [6.07, 6.45) is 0.519. The van der Waals surface area contributed by atoms with Crippen LogP contribution < -0.4 is 10.6 Å². The van der Waals surface area contributed by atoms with Crippen molar-refractivity contribution in [2.75, 3.05) is 37.2 Å². The van der Waals surface area contributed by atoms with E-state index in [9.17, 15) is 9.59 Å². The van der Waals surface area contributed by atoms with Crippen molar-refractivity contribution in [1.29, 1.82) is 0 Å². The highest BCUT2D eigenvalue weighted by atomic mass is 32.2. The first-order valence-electron chi connectivity index (χ1n) is 7.77. The lowest BCUT2D eigenvalue weighted by Gasteiger charge is -2.18. The zero-order valence-corrected chi connectivity index (χ0v) is 13.1. The maximum absolute atomic E-state index is 12.7. The van der Waals surface area contributed by atoms with E-state index < -0.39 is 0 Å². The molecule has 4 rings (SSSR count). The lowest BCUT2D eigenvalue weighted by atomic mass is 10.0. The standard InChI is InChI=1S/C16H19N3O2S/c20-15-3-4-22-14-2-1-10(5-13(14)18-15)16(21)19-8-11-6-17-7-12(11)9-19/h1-2,5,11-12,17H,3-4,6-9H2,(H,18,20)/t11-,12+. The number of nitrogens with zero attached hydrogens (tertiary/aromatic N) is 1. The lowest BCUT2D eigenvalue weighted by Crippen LogP contribution is -2.31. The molecule has 0 spiro atoms. The van der Waals surface area contributed by atoms with Gasteiger partial charge >= 0.3 is 0 Å². The summed E-state index contributed by atoms with van der Waals surface area (Å²) in [5.41, 5.74) is 1.45. The van der Waals surface area contributed by atoms with Crippen LogP contribution in [0, 0.1) is 11.8 Å². The van der Waals surface area contributed by atoms with Crippen LogP contribution >= 0.6 is 11.8 Å². The second-order valence-corrected chi connectivity index (χ2v) is 7.38. The first-order chi connectivity index (χ1) is 10.7. The molecule has 0 aliphatic carbocycles. The minimum Gasteiger partial charge on any atom is -0.338 e. The van der Waals surface area contributed by atoms with Gasteiger partial charge in [0.2, 0.25) is 5.91 Å². The van der Waals surface area contributed by atoms with Crippen LogP contribution in [0.25, 0.3) is 0 Å². The zero-order valence-electron chi connectivity index (χ0n) is 12.3. The third kappa shape index (κ3) is 2.50. The van der Waals surface area contributed by atoms with E-state index in [1.165, 1.54) is 0 Å². The molecule has 3 aliphatic heterocycles. The molecule has 0 saturated carbocycles. The van der Waals surface area contributed by atoms with Gasteiger partial charge < -0.3 is 15.5 Å². The smallest absolute Gasteiger partial charge is 0.253 e. The Hall–Kier alpha value is -1.53. The second-order valence-electron chi connectivity index (χ2n) is 6.25. The fourth-order valence-corrected chi connectivity index (χ4v) is 4.49. The van der Waals surface area contributed by atoms with Crippen molar-refractivity contribution in [3.05, 3.63) is 23.8 Å². The number of hydrogen-bond donors (Lipinski definition) is 2. The van der Waals surface area contributed by atoms with Crippen molar-refractivity contribution in [3.63, 3.8) is 0 Å². The van der Waals surface area contributed by atoms with Gasteiger partial charge in [0.15, 0.2) is 0 Å². The summed E-state index contributed by atoms with van der Waals surface area (Å²) < 4.78 is 0. The van der Waals surface area contributed by atoms with Gasteiger partial charge in [0.1, 0.15) is 0 Å². The Morgan fingerprint density at radius 2 is 2.00 bits per heavy atom. The van der Waals surface area contributed by atoms with Gasteiger partial charge in [-0.05, 0) is 30.0 Å². The number of hydrogen-bond acceptors (Lipinski definition) is 4. The SMILES string of the molecule is O=C1CCSc2ccc(C(=O)N3C[C@H]4CNC[C@H]4C3)cc2N1. The molecule has 116 valence electrons. The average Bonchev–Trinajstić information content (AvgIpc) is 3.04. The van der Waals surface area contributed by atoms with Crippen LogP contribution in [0.4, 0.5) is 5.69 Å². The van der Waals surface area contributed by atoms with Gasteiger partial charge in [0.25, 0.3) is 5.91 Å². The molecule has 0 unspecified atom stereocenters. The molecule has 3 heterocycles. The number of carbonyl (C=O) groups is 2. The first-order valence-corrected chi connectivity index (χ1v) is 8.76. The third-order valence-electron chi connectivity index (χ3n) is 4.76. The second kappa shape index (κ2) is 5.59. The molecule has 2 N–H and O–H groups in total. The molecule has 3 aliphatic rings. The molecule has 1 aromatic carbocycles. The van der Waals surface area contributed by atoms with E-state index >= 15 is 0 Å². The summed E-state index contributed by atoms with van der Waals surface area (Å²) in [5.74, 6) is 2.09. The summed E-state index contributed by atoms with van der Waals surface area (Å²) in [4.78, 5) is 27.4. The molecule has 2 fully saturated rings. The predicted octanol–water partition coefficient (Wildman–Crippen LogP) is 1.41. The van der Waals surface area contributed by atoms with E-state index in [0.717, 1.165) is 42.5 Å². The van der Waals surface area contributed by atoms with Crippen molar-refractivity contribution in [2.45, 2.75) is 11.3 Å². The van der Waals surface area contributed by atoms with Crippen molar-refractivity contribution < 1.29 is 9.59 Å². The number of fused-ring (bicyclic) bond motifs is 2. The molecule has 22 heavy (non-hydrogen) atoms. The fourth-order valence-electron chi connectivity index (χ4n) is 3.56. The van der Waals surface area contributed by atoms with Crippen LogP contribution in [-0.4, -0.2) is 48.6 Å². The highest BCUT2D eigenvalue weighted by Gasteiger charge is 2.38. The van der Waals surface area contributed by atoms with Gasteiger partial charge in [-0.1, -0.05) is 0 Å². The Morgan fingerprint density at radius 1 is 1.23 bits per heavy atom. The normalized spacial score (nSPS) is 27.1. The number of nitrogens with one attached hydrogen (secondary N) is 2. The van der Waals surface area contributed by atoms with Crippen molar-refractivity contribution >= 4 is 29.3 Å². The largest absolute Gasteiger partial charge is 0.338 e. The number of anilines is 1. The van der Waals surface area contributed by atoms with Crippen molar-refractivity contribution in [3.8, 4) is 0 Å². The monoisotopic (exact) mass is 317 g/mol. The molecule has 2 atom stereocenters. The Labute approximate surface area is 133 Å². The van der Waals surface area contributed by atoms with Crippen LogP contribution in [0.2, 0.25) is 0 Å². The predicted molar refractivity (Wildman–Crippen MR) is 86.2 cm³/mol. The van der Waals surface area contributed by atoms with Gasteiger partial charge in [-0.15, -0.1) is 11.8 Å². The van der Waals surface area contributed by atoms with Crippen LogP contribution in [0.15, 0.2) is 23.1 Å². The van der Waals surface area contributed by atoms with E-state index in [2.05, 4.69) is 10.6 Å². The van der Waals surface area contributed by atoms with Crippen LogP contribution in [-0.2, 0) is 4.79 Å². The van der Waals surface area contributed by atoms with Gasteiger partial charge in [0, 0.05) is 48.8 Å². The number of thioether (sulfide) groups is 1. The molecule has 0 bridgehead atoms. The maximum atomic E-state index is 12.7. The third-order valence-corrected chi connectivity index (χ3v) is 5.84. The Kier molecular flexibility index (Phi) is 3.58. The first kappa shape index (κ1) is 14.1. The minimum absolute atomic E-state index is 0.0256. The molecular formula is C16H19N3O2S. The van der Waals surface area contributed by atoms with Gasteiger partial charge in [-0.3, -0.25) is 9.59 Å². The molecule has 1 aromatic rings. The van der Waals surface area contributed by atoms with Crippen molar-refractivity contribution in [2.24, 2.45) is 11.8 Å². The topological polar surface area (TPSA) is 61.4 Å². The summed E-state index contributed by atoms with van der Waals surface area (Å²) in [6.45, 7) is 3.72. The van der Waals surface area contributed by atoms with E-state index in [4.69, 9.17) is 0 Å². The Bertz CT molecular complexity index is 622. The fraction of sp³-hybridized carbons (Fsp3) is 0.500. The van der Waals surface area contributed by atoms with Gasteiger partial charge in [-0.2, -0.15) is 0 Å². The highest BCUT2D eigenvalue weighted by Crippen LogP contribution is 2.33. The molecule has 5 nitrogen and oxygen atoms in total. The quantitative estimate of drug-likeness (QED) is 0.822. The van der Waals surface area contributed by atoms with E-state index in [1.54, 1.807) is 11.8 Å². The van der Waals surface area contributed by atoms with E-state index in [1.807, 2.05) is 23.1 Å². The Morgan fingerprint density at radius 3 is 2.77 bits per heavy atom. The van der Waals surface area contributed by atoms with E-state index in [0.29, 0.717) is 23.8 Å². The van der Waals surface area contributed by atoms with Crippen LogP contribution in [0.5, 0.6) is 0 Å². The summed E-state index contributed by atoms with van der Waals surface area (Å²) in [7, 11) is 0. The van der Waals surface area contributed by atoms with Crippen LogP contribution in [0.1, 0.15) is 16.8 Å². The number of benzene rings is 1. The number of carbonyl (C=O) groups excluding carboxylic acids is 2.